The molecule has 98 valence electrons. The number of nitrogens with zero attached hydrogens (tertiary/aromatic N) is 1. The Morgan fingerprint density at radius 3 is 2.21 bits per heavy atom. The molecule has 0 heterocycles. The monoisotopic (exact) mass is 252 g/mol. The van der Waals surface area contributed by atoms with Crippen LogP contribution in [-0.2, 0) is 13.1 Å². The van der Waals surface area contributed by atoms with Crippen molar-refractivity contribution in [2.24, 2.45) is 0 Å². The van der Waals surface area contributed by atoms with Crippen molar-refractivity contribution in [3.05, 3.63) is 84.1 Å². The Morgan fingerprint density at radius 1 is 0.947 bits per heavy atom. The quantitative estimate of drug-likeness (QED) is 0.697. The van der Waals surface area contributed by atoms with Gasteiger partial charge in [-0.3, -0.25) is 4.48 Å². The minimum absolute atomic E-state index is 0.814. The maximum Gasteiger partial charge on any atom is 0.109 e. The van der Waals surface area contributed by atoms with Crippen molar-refractivity contribution in [2.45, 2.75) is 20.0 Å². The Bertz CT molecular complexity index is 545. The highest BCUT2D eigenvalue weighted by Crippen LogP contribution is 2.19. The molecule has 2 aromatic rings. The SMILES string of the molecule is C=C[N+](C)(Cc1ccccc1)Cc1ccccc1C. The minimum Gasteiger partial charge on any atom is -0.293 e. The zero-order valence-corrected chi connectivity index (χ0v) is 11.8. The first-order valence-electron chi connectivity index (χ1n) is 6.69. The Kier molecular flexibility index (Phi) is 4.18. The summed E-state index contributed by atoms with van der Waals surface area (Å²) in [5.74, 6) is 0. The predicted octanol–water partition coefficient (Wildman–Crippen LogP) is 4.29. The molecule has 19 heavy (non-hydrogen) atoms. The van der Waals surface area contributed by atoms with Crippen LogP contribution in [0.2, 0.25) is 0 Å². The van der Waals surface area contributed by atoms with E-state index in [0.29, 0.717) is 0 Å². The third-order valence-corrected chi connectivity index (χ3v) is 3.62. The summed E-state index contributed by atoms with van der Waals surface area (Å²) in [5, 5.41) is 0. The first kappa shape index (κ1) is 13.6. The molecule has 0 saturated heterocycles. The van der Waals surface area contributed by atoms with Crippen molar-refractivity contribution >= 4 is 0 Å². The van der Waals surface area contributed by atoms with E-state index in [2.05, 4.69) is 75.1 Å². The van der Waals surface area contributed by atoms with Crippen LogP contribution in [0, 0.1) is 6.92 Å². The van der Waals surface area contributed by atoms with Gasteiger partial charge in [0.25, 0.3) is 0 Å². The van der Waals surface area contributed by atoms with Gasteiger partial charge >= 0.3 is 0 Å². The van der Waals surface area contributed by atoms with Gasteiger partial charge in [-0.05, 0) is 19.1 Å². The van der Waals surface area contributed by atoms with E-state index in [1.807, 2.05) is 6.20 Å². The van der Waals surface area contributed by atoms with E-state index in [1.165, 1.54) is 16.7 Å². The van der Waals surface area contributed by atoms with E-state index in [0.717, 1.165) is 17.6 Å². The lowest BCUT2D eigenvalue weighted by Crippen LogP contribution is -2.36. The van der Waals surface area contributed by atoms with Crippen LogP contribution in [0.3, 0.4) is 0 Å². The summed E-state index contributed by atoms with van der Waals surface area (Å²) < 4.78 is 0.814. The standard InChI is InChI=1S/C18H22N/c1-4-19(3,14-17-11-6-5-7-12-17)15-18-13-9-8-10-16(18)2/h4-13H,1,14-15H2,2-3H3/q+1. The van der Waals surface area contributed by atoms with Gasteiger partial charge < -0.3 is 0 Å². The van der Waals surface area contributed by atoms with Crippen LogP contribution < -0.4 is 0 Å². The summed E-state index contributed by atoms with van der Waals surface area (Å²) in [6.45, 7) is 8.15. The topological polar surface area (TPSA) is 0 Å². The van der Waals surface area contributed by atoms with Crippen LogP contribution in [0.25, 0.3) is 0 Å². The van der Waals surface area contributed by atoms with Crippen LogP contribution in [0.4, 0.5) is 0 Å². The van der Waals surface area contributed by atoms with Crippen molar-refractivity contribution in [1.82, 2.24) is 0 Å². The summed E-state index contributed by atoms with van der Waals surface area (Å²) >= 11 is 0. The molecule has 0 radical (unpaired) electrons. The number of benzene rings is 2. The predicted molar refractivity (Wildman–Crippen MR) is 81.4 cm³/mol. The molecule has 0 fully saturated rings. The van der Waals surface area contributed by atoms with E-state index >= 15 is 0 Å². The van der Waals surface area contributed by atoms with E-state index < -0.39 is 0 Å². The van der Waals surface area contributed by atoms with Gasteiger partial charge in [-0.1, -0.05) is 54.6 Å². The Balaban J connectivity index is 2.19. The lowest BCUT2D eigenvalue weighted by atomic mass is 10.1. The molecule has 0 N–H and O–H groups in total. The number of hydrogen-bond acceptors (Lipinski definition) is 0. The van der Waals surface area contributed by atoms with Gasteiger partial charge in [0.15, 0.2) is 0 Å². The smallest absolute Gasteiger partial charge is 0.109 e. The molecule has 0 aliphatic rings. The Morgan fingerprint density at radius 2 is 1.58 bits per heavy atom. The van der Waals surface area contributed by atoms with Crippen molar-refractivity contribution in [3.63, 3.8) is 0 Å². The van der Waals surface area contributed by atoms with Gasteiger partial charge in [-0.25, -0.2) is 0 Å². The second-order valence-corrected chi connectivity index (χ2v) is 5.39. The van der Waals surface area contributed by atoms with Crippen LogP contribution in [0.1, 0.15) is 16.7 Å². The fourth-order valence-electron chi connectivity index (χ4n) is 2.36. The first-order chi connectivity index (χ1) is 9.13. The van der Waals surface area contributed by atoms with Crippen molar-refractivity contribution in [2.75, 3.05) is 7.05 Å². The molecule has 1 heteroatoms. The van der Waals surface area contributed by atoms with E-state index in [9.17, 15) is 0 Å². The number of hydrogen-bond donors (Lipinski definition) is 0. The summed E-state index contributed by atoms with van der Waals surface area (Å²) in [6, 6.07) is 19.2. The highest BCUT2D eigenvalue weighted by atomic mass is 15.3. The van der Waals surface area contributed by atoms with Gasteiger partial charge in [0.2, 0.25) is 0 Å². The van der Waals surface area contributed by atoms with Crippen LogP contribution in [-0.4, -0.2) is 11.5 Å². The summed E-state index contributed by atoms with van der Waals surface area (Å²) in [7, 11) is 2.23. The summed E-state index contributed by atoms with van der Waals surface area (Å²) in [5.41, 5.74) is 4.08. The zero-order chi connectivity index (χ0) is 13.7. The molecule has 0 spiro atoms. The molecule has 1 atom stereocenters. The average molecular weight is 252 g/mol. The molecule has 2 aromatic carbocycles. The highest BCUT2D eigenvalue weighted by Gasteiger charge is 2.20. The summed E-state index contributed by atoms with van der Waals surface area (Å²) in [4.78, 5) is 0. The third-order valence-electron chi connectivity index (χ3n) is 3.62. The highest BCUT2D eigenvalue weighted by molar-refractivity contribution is 5.24. The van der Waals surface area contributed by atoms with Crippen LogP contribution in [0.5, 0.6) is 0 Å². The minimum atomic E-state index is 0.814. The van der Waals surface area contributed by atoms with Crippen LogP contribution >= 0.6 is 0 Å². The van der Waals surface area contributed by atoms with Gasteiger partial charge in [0.1, 0.15) is 13.1 Å². The first-order valence-corrected chi connectivity index (χ1v) is 6.69. The molecule has 0 aliphatic carbocycles. The molecular weight excluding hydrogens is 230 g/mol. The maximum absolute atomic E-state index is 4.03. The van der Waals surface area contributed by atoms with Gasteiger partial charge in [-0.2, -0.15) is 0 Å². The molecule has 2 rings (SSSR count). The molecule has 1 unspecified atom stereocenters. The van der Waals surface area contributed by atoms with Crippen molar-refractivity contribution in [3.8, 4) is 0 Å². The van der Waals surface area contributed by atoms with Crippen molar-refractivity contribution in [1.29, 1.82) is 0 Å². The van der Waals surface area contributed by atoms with Crippen molar-refractivity contribution < 1.29 is 4.48 Å². The molecule has 0 aliphatic heterocycles. The average Bonchev–Trinajstić information content (AvgIpc) is 2.42. The zero-order valence-electron chi connectivity index (χ0n) is 11.8. The van der Waals surface area contributed by atoms with Gasteiger partial charge in [0, 0.05) is 11.1 Å². The number of quaternary nitrogens is 1. The summed E-state index contributed by atoms with van der Waals surface area (Å²) in [6.07, 6.45) is 2.04. The Hall–Kier alpha value is -1.86. The number of aryl methyl sites for hydroxylation is 1. The van der Waals surface area contributed by atoms with E-state index in [1.54, 1.807) is 0 Å². The fraction of sp³-hybridized carbons (Fsp3) is 0.222. The molecule has 0 amide bonds. The van der Waals surface area contributed by atoms with Gasteiger partial charge in [0.05, 0.1) is 13.2 Å². The third kappa shape index (κ3) is 3.55. The second-order valence-electron chi connectivity index (χ2n) is 5.39. The lowest BCUT2D eigenvalue weighted by molar-refractivity contribution is -0.886. The largest absolute Gasteiger partial charge is 0.293 e. The van der Waals surface area contributed by atoms with Gasteiger partial charge in [-0.15, -0.1) is 0 Å². The van der Waals surface area contributed by atoms with E-state index in [-0.39, 0.29) is 0 Å². The fourth-order valence-corrected chi connectivity index (χ4v) is 2.36. The van der Waals surface area contributed by atoms with E-state index in [4.69, 9.17) is 0 Å². The molecule has 0 saturated carbocycles. The lowest BCUT2D eigenvalue weighted by Gasteiger charge is -2.31. The normalized spacial score (nSPS) is 13.8. The molecular formula is C18H22N+. The molecule has 1 nitrogen and oxygen atoms in total. The second kappa shape index (κ2) is 5.85. The molecule has 0 aromatic heterocycles. The molecule has 0 bridgehead atoms. The number of rotatable bonds is 5. The Labute approximate surface area is 116 Å². The maximum atomic E-state index is 4.03. The van der Waals surface area contributed by atoms with Crippen LogP contribution in [0.15, 0.2) is 67.4 Å².